The van der Waals surface area contributed by atoms with Gasteiger partial charge in [0.1, 0.15) is 72.5 Å². The van der Waals surface area contributed by atoms with Crippen LogP contribution in [0.25, 0.3) is 55.4 Å². The number of anilines is 1. The summed E-state index contributed by atoms with van der Waals surface area (Å²) in [6.45, 7) is 5.26. The molecule has 418 valence electrons. The molecule has 5 aliphatic rings. The number of terminal acetylenes is 1. The molecule has 7 atom stereocenters. The third-order valence-corrected chi connectivity index (χ3v) is 15.6. The lowest BCUT2D eigenvalue weighted by molar-refractivity contribution is -0.126. The Kier molecular flexibility index (Phi) is 15.8. The molecule has 9 heterocycles. The number of aliphatic hydroxyl groups excluding tert-OH is 1. The first-order valence-electron chi connectivity index (χ1n) is 27.0. The van der Waals surface area contributed by atoms with Crippen LogP contribution in [0, 0.1) is 24.0 Å². The van der Waals surface area contributed by atoms with Crippen molar-refractivity contribution in [2.75, 3.05) is 90.5 Å². The minimum Gasteiger partial charge on any atom is -0.508 e. The Labute approximate surface area is 463 Å². The maximum absolute atomic E-state index is 17.1. The number of carbonyl (C=O) groups excluding carboxylic acids is 1. The van der Waals surface area contributed by atoms with Crippen LogP contribution in [0.4, 0.5) is 14.6 Å². The number of hydrogen-bond donors (Lipinski definition) is 5. The lowest BCUT2D eigenvalue weighted by Gasteiger charge is -2.34. The number of imidazole rings is 1. The summed E-state index contributed by atoms with van der Waals surface area (Å²) >= 11 is 6.63. The van der Waals surface area contributed by atoms with Gasteiger partial charge in [-0.3, -0.25) is 14.7 Å². The summed E-state index contributed by atoms with van der Waals surface area (Å²) in [6, 6.07) is 15.4. The van der Waals surface area contributed by atoms with E-state index in [1.54, 1.807) is 18.2 Å². The maximum Gasteiger partial charge on any atom is 0.319 e. The predicted molar refractivity (Wildman–Crippen MR) is 291 cm³/mol. The van der Waals surface area contributed by atoms with Crippen LogP contribution in [0.2, 0.25) is 5.02 Å². The predicted octanol–water partition coefficient (Wildman–Crippen LogP) is 5.71. The number of halogens is 3. The average molecular weight is 1120 g/mol. The van der Waals surface area contributed by atoms with Crippen LogP contribution in [0.3, 0.4) is 0 Å². The number of phenolic OH excluding ortho intramolecular Hbond substituents is 1. The molecule has 2 bridgehead atoms. The van der Waals surface area contributed by atoms with Crippen molar-refractivity contribution in [2.24, 2.45) is 0 Å². The number of amides is 1. The fourth-order valence-electron chi connectivity index (χ4n) is 11.5. The first kappa shape index (κ1) is 53.6. The standard InChI is InChI=1S/C57H59ClF2N10O10/c1-2-38-42(59)13-8-32-21-36(71)22-39(47(32)38)50-48(60)51-40(24-62-50)55(70-25-33-9-10-34(26-70)63-33)68-56(66-51)79-27-35-5-3-15-69(35)16-4-17-74-19-20-75-30-46(73)61-14-18-76-37-11-6-31(7-12-37)49-41(58)23-43-54(65-49)67-57(64-43)80-45-29-78-52-44(72)28-77-53(45)52/h1,6-8,11-13,21-24,33-35,44-45,52-53,63,71-72H,3-5,9-10,14-20,25-30H2,(H,61,73)(H,64,65,67)/t33?,34?,35-,44+,45+,52+,53+/m0/s1. The van der Waals surface area contributed by atoms with Gasteiger partial charge in [-0.2, -0.15) is 15.0 Å². The van der Waals surface area contributed by atoms with Gasteiger partial charge in [-0.1, -0.05) is 23.6 Å². The summed E-state index contributed by atoms with van der Waals surface area (Å²) in [5.74, 6) is 1.69. The van der Waals surface area contributed by atoms with Gasteiger partial charge in [-0.25, -0.2) is 13.8 Å². The van der Waals surface area contributed by atoms with E-state index in [2.05, 4.69) is 51.3 Å². The van der Waals surface area contributed by atoms with Crippen molar-refractivity contribution in [3.05, 3.63) is 83.0 Å². The lowest BCUT2D eigenvalue weighted by Crippen LogP contribution is -2.51. The van der Waals surface area contributed by atoms with E-state index < -0.39 is 29.9 Å². The van der Waals surface area contributed by atoms with Gasteiger partial charge in [0.15, 0.2) is 17.6 Å². The van der Waals surface area contributed by atoms with Gasteiger partial charge in [-0.15, -0.1) is 6.42 Å². The second-order valence-electron chi connectivity index (χ2n) is 20.6. The molecule has 20 nitrogen and oxygen atoms in total. The van der Waals surface area contributed by atoms with Crippen molar-refractivity contribution >= 4 is 56.2 Å². The molecule has 23 heteroatoms. The summed E-state index contributed by atoms with van der Waals surface area (Å²) in [7, 11) is 0. The smallest absolute Gasteiger partial charge is 0.319 e. The minimum atomic E-state index is -0.765. The van der Waals surface area contributed by atoms with Gasteiger partial charge in [-0.05, 0) is 92.6 Å². The maximum atomic E-state index is 17.1. The zero-order valence-electron chi connectivity index (χ0n) is 43.5. The number of pyridine rings is 2. The van der Waals surface area contributed by atoms with E-state index >= 15 is 8.78 Å². The summed E-state index contributed by atoms with van der Waals surface area (Å²) < 4.78 is 73.0. The summed E-state index contributed by atoms with van der Waals surface area (Å²) in [5, 5.41) is 28.7. The Hall–Kier alpha value is -7.07. The number of benzene rings is 3. The Morgan fingerprint density at radius 2 is 1.75 bits per heavy atom. The monoisotopic (exact) mass is 1120 g/mol. The van der Waals surface area contributed by atoms with Crippen molar-refractivity contribution < 1.29 is 56.9 Å². The van der Waals surface area contributed by atoms with Gasteiger partial charge >= 0.3 is 6.01 Å². The number of likely N-dealkylation sites (tertiary alicyclic amines) is 1. The number of nitrogens with zero attached hydrogens (tertiary/aromatic N) is 7. The Morgan fingerprint density at radius 1 is 0.925 bits per heavy atom. The fraction of sp³-hybridized carbons (Fsp3) is 0.439. The number of phenols is 1. The number of piperazine rings is 1. The van der Waals surface area contributed by atoms with Crippen molar-refractivity contribution in [3.63, 3.8) is 0 Å². The van der Waals surface area contributed by atoms with Gasteiger partial charge in [0.05, 0.1) is 60.2 Å². The van der Waals surface area contributed by atoms with E-state index in [0.29, 0.717) is 70.5 Å². The van der Waals surface area contributed by atoms with Crippen LogP contribution in [0.5, 0.6) is 23.5 Å². The number of carbonyl (C=O) groups is 1. The topological polar surface area (TPSA) is 233 Å². The highest BCUT2D eigenvalue weighted by Gasteiger charge is 2.49. The third-order valence-electron chi connectivity index (χ3n) is 15.3. The second-order valence-corrected chi connectivity index (χ2v) is 21.1. The van der Waals surface area contributed by atoms with Crippen LogP contribution >= 0.6 is 11.6 Å². The van der Waals surface area contributed by atoms with Crippen LogP contribution in [0.15, 0.2) is 60.8 Å². The fourth-order valence-corrected chi connectivity index (χ4v) is 11.8. The number of aliphatic hydroxyl groups is 1. The molecule has 5 fully saturated rings. The van der Waals surface area contributed by atoms with Crippen molar-refractivity contribution in [3.8, 4) is 58.4 Å². The Morgan fingerprint density at radius 3 is 2.59 bits per heavy atom. The molecule has 2 unspecified atom stereocenters. The van der Waals surface area contributed by atoms with Gasteiger partial charge in [0.25, 0.3) is 6.01 Å². The Balaban J connectivity index is 0.575. The molecular weight excluding hydrogens is 1060 g/mol. The molecule has 5 saturated heterocycles. The van der Waals surface area contributed by atoms with Crippen LogP contribution < -0.4 is 29.7 Å². The molecule has 3 aromatic carbocycles. The lowest BCUT2D eigenvalue weighted by atomic mass is 9.96. The molecule has 0 spiro atoms. The van der Waals surface area contributed by atoms with Crippen LogP contribution in [-0.4, -0.2) is 179 Å². The molecule has 7 aromatic rings. The van der Waals surface area contributed by atoms with E-state index in [0.717, 1.165) is 50.8 Å². The van der Waals surface area contributed by atoms with Crippen molar-refractivity contribution in [1.29, 1.82) is 0 Å². The summed E-state index contributed by atoms with van der Waals surface area (Å²) in [5.41, 5.74) is 2.26. The molecule has 1 amide bonds. The first-order valence-corrected chi connectivity index (χ1v) is 27.4. The molecular formula is C57H59ClF2N10O10. The molecule has 12 rings (SSSR count). The normalized spacial score (nSPS) is 22.6. The molecule has 0 radical (unpaired) electrons. The van der Waals surface area contributed by atoms with Crippen molar-refractivity contribution in [2.45, 2.75) is 74.6 Å². The number of H-pyrrole nitrogens is 1. The number of fused-ring (bicyclic) bond motifs is 6. The average Bonchev–Trinajstić information content (AvgIpc) is 4.34. The van der Waals surface area contributed by atoms with E-state index in [1.807, 2.05) is 12.1 Å². The number of ether oxygens (including phenoxy) is 7. The van der Waals surface area contributed by atoms with E-state index in [4.69, 9.17) is 56.2 Å². The molecule has 80 heavy (non-hydrogen) atoms. The van der Waals surface area contributed by atoms with Gasteiger partial charge in [0, 0.05) is 67.1 Å². The van der Waals surface area contributed by atoms with E-state index in [1.165, 1.54) is 30.5 Å². The molecule has 4 aromatic heterocycles. The number of hydrogen-bond acceptors (Lipinski definition) is 18. The minimum absolute atomic E-state index is 0.00183. The zero-order chi connectivity index (χ0) is 54.9. The summed E-state index contributed by atoms with van der Waals surface area (Å²) in [4.78, 5) is 43.3. The number of nitrogens with one attached hydrogen (secondary N) is 3. The quantitative estimate of drug-likeness (QED) is 0.0428. The largest absolute Gasteiger partial charge is 0.508 e. The highest BCUT2D eigenvalue weighted by molar-refractivity contribution is 6.33. The molecule has 5 N–H and O–H groups in total. The van der Waals surface area contributed by atoms with Crippen LogP contribution in [0.1, 0.15) is 37.7 Å². The number of aromatic amines is 1. The first-order chi connectivity index (χ1) is 39.0. The van der Waals surface area contributed by atoms with Gasteiger partial charge in [0.2, 0.25) is 5.91 Å². The molecule has 0 aliphatic carbocycles. The zero-order valence-corrected chi connectivity index (χ0v) is 44.3. The summed E-state index contributed by atoms with van der Waals surface area (Å²) in [6.07, 6.45) is 10.1. The number of aromatic hydroxyl groups is 1. The Bertz CT molecular complexity index is 3450. The van der Waals surface area contributed by atoms with E-state index in [9.17, 15) is 15.0 Å². The third kappa shape index (κ3) is 11.3. The second kappa shape index (κ2) is 23.6. The van der Waals surface area contributed by atoms with Crippen molar-refractivity contribution in [1.82, 2.24) is 45.4 Å². The van der Waals surface area contributed by atoms with E-state index in [-0.39, 0.29) is 122 Å². The molecule has 5 aliphatic heterocycles. The van der Waals surface area contributed by atoms with Crippen LogP contribution in [-0.2, 0) is 23.7 Å². The number of aromatic nitrogens is 6. The SMILES string of the molecule is C#Cc1c(F)ccc2cc(O)cc(-c3ncc4c(N5CC6CCC(C5)N6)nc(OC[C@@H]5CCCN5CCCOCCOCC(=O)NCCOc5ccc(-c6nc7nc(O[C@@H]8CO[C@H]9[C@@H]8OC[C@H]9O)[nH]c7cc6Cl)cc5)nc4c3F)c12. The number of rotatable bonds is 21. The molecule has 0 saturated carbocycles. The highest BCUT2D eigenvalue weighted by Crippen LogP contribution is 2.40. The highest BCUT2D eigenvalue weighted by atomic mass is 35.5. The van der Waals surface area contributed by atoms with Gasteiger partial charge < -0.3 is 63.9 Å².